The van der Waals surface area contributed by atoms with Gasteiger partial charge in [-0.25, -0.2) is 0 Å². The molecule has 2 aliphatic rings. The van der Waals surface area contributed by atoms with Crippen molar-refractivity contribution in [3.8, 4) is 0 Å². The maximum Gasteiger partial charge on any atom is 0.311 e. The van der Waals surface area contributed by atoms with Crippen LogP contribution in [0.1, 0.15) is 39.0 Å². The average Bonchev–Trinajstić information content (AvgIpc) is 1.98. The topological polar surface area (TPSA) is 66.4 Å². The Balaban J connectivity index is 1.95. The molecule has 4 nitrogen and oxygen atoms in total. The molecule has 0 unspecified atom stereocenters. The number of carboxylic acid groups (broad SMARTS) is 1. The molecule has 0 heterocycles. The summed E-state index contributed by atoms with van der Waals surface area (Å²) in [7, 11) is 0. The zero-order chi connectivity index (χ0) is 11.1. The monoisotopic (exact) mass is 211 g/mol. The summed E-state index contributed by atoms with van der Waals surface area (Å²) in [5, 5.41) is 11.8. The second-order valence-corrected chi connectivity index (χ2v) is 5.20. The van der Waals surface area contributed by atoms with E-state index in [1.54, 1.807) is 0 Å². The average molecular weight is 211 g/mol. The van der Waals surface area contributed by atoms with Gasteiger partial charge in [-0.15, -0.1) is 0 Å². The first-order chi connectivity index (χ1) is 6.98. The highest BCUT2D eigenvalue weighted by Gasteiger charge is 2.60. The number of hydrogen-bond acceptors (Lipinski definition) is 2. The molecule has 0 saturated heterocycles. The number of carbonyl (C=O) groups is 2. The maximum atomic E-state index is 11.2. The van der Waals surface area contributed by atoms with Crippen LogP contribution < -0.4 is 5.32 Å². The number of rotatable bonds is 3. The van der Waals surface area contributed by atoms with Crippen molar-refractivity contribution >= 4 is 11.9 Å². The van der Waals surface area contributed by atoms with E-state index >= 15 is 0 Å². The fraction of sp³-hybridized carbons (Fsp3) is 0.818. The van der Waals surface area contributed by atoms with Crippen LogP contribution in [0.2, 0.25) is 0 Å². The fourth-order valence-corrected chi connectivity index (χ4v) is 3.06. The summed E-state index contributed by atoms with van der Waals surface area (Å²) in [5.41, 5.74) is -0.358. The van der Waals surface area contributed by atoms with Gasteiger partial charge in [0.2, 0.25) is 5.91 Å². The Kier molecular flexibility index (Phi) is 2.24. The largest absolute Gasteiger partial charge is 0.481 e. The van der Waals surface area contributed by atoms with E-state index in [0.717, 1.165) is 12.8 Å². The van der Waals surface area contributed by atoms with Crippen LogP contribution in [0.3, 0.4) is 0 Å². The molecule has 15 heavy (non-hydrogen) atoms. The second-order valence-electron chi connectivity index (χ2n) is 5.20. The van der Waals surface area contributed by atoms with Crippen LogP contribution in [0.25, 0.3) is 0 Å². The predicted molar refractivity (Wildman–Crippen MR) is 54.3 cm³/mol. The lowest BCUT2D eigenvalue weighted by Gasteiger charge is -2.59. The molecule has 1 amide bonds. The molecule has 1 spiro atoms. The zero-order valence-electron chi connectivity index (χ0n) is 9.01. The summed E-state index contributed by atoms with van der Waals surface area (Å²) in [6, 6.07) is 0. The van der Waals surface area contributed by atoms with Gasteiger partial charge in [-0.2, -0.15) is 0 Å². The minimum Gasteiger partial charge on any atom is -0.481 e. The van der Waals surface area contributed by atoms with Crippen molar-refractivity contribution in [1.82, 2.24) is 5.32 Å². The predicted octanol–water partition coefficient (Wildman–Crippen LogP) is 1.16. The number of aliphatic carboxylic acids is 1. The molecule has 2 aliphatic carbocycles. The number of nitrogens with one attached hydrogen (secondary N) is 1. The van der Waals surface area contributed by atoms with E-state index in [0.29, 0.717) is 12.0 Å². The van der Waals surface area contributed by atoms with E-state index in [2.05, 4.69) is 5.32 Å². The van der Waals surface area contributed by atoms with E-state index in [4.69, 9.17) is 0 Å². The first-order valence-electron chi connectivity index (χ1n) is 5.46. The summed E-state index contributed by atoms with van der Waals surface area (Å²) in [6.07, 6.45) is 5.06. The van der Waals surface area contributed by atoms with Crippen molar-refractivity contribution < 1.29 is 14.7 Å². The summed E-state index contributed by atoms with van der Waals surface area (Å²) in [4.78, 5) is 22.0. The van der Waals surface area contributed by atoms with Crippen LogP contribution in [-0.4, -0.2) is 23.5 Å². The molecule has 0 aromatic heterocycles. The van der Waals surface area contributed by atoms with Crippen molar-refractivity contribution in [1.29, 1.82) is 0 Å². The summed E-state index contributed by atoms with van der Waals surface area (Å²) in [6.45, 7) is 1.72. The Bertz CT molecular complexity index is 299. The summed E-state index contributed by atoms with van der Waals surface area (Å²) in [5.74, 6) is -0.904. The molecule has 2 saturated carbocycles. The molecule has 0 bridgehead atoms. The van der Waals surface area contributed by atoms with Crippen LogP contribution >= 0.6 is 0 Å². The van der Waals surface area contributed by atoms with Crippen LogP contribution in [0.4, 0.5) is 0 Å². The lowest BCUT2D eigenvalue weighted by Crippen LogP contribution is -2.58. The third kappa shape index (κ3) is 1.62. The van der Waals surface area contributed by atoms with Crippen LogP contribution in [0.5, 0.6) is 0 Å². The highest BCUT2D eigenvalue weighted by molar-refractivity contribution is 5.79. The van der Waals surface area contributed by atoms with Crippen LogP contribution in [-0.2, 0) is 9.59 Å². The molecule has 2 fully saturated rings. The SMILES string of the molecule is CC(=O)NCC1(C(=O)O)CC2(CCC2)C1. The van der Waals surface area contributed by atoms with Crippen molar-refractivity contribution in [2.45, 2.75) is 39.0 Å². The molecule has 0 radical (unpaired) electrons. The Morgan fingerprint density at radius 2 is 1.93 bits per heavy atom. The van der Waals surface area contributed by atoms with Crippen LogP contribution in [0.15, 0.2) is 0 Å². The Hall–Kier alpha value is -1.06. The highest BCUT2D eigenvalue weighted by Crippen LogP contribution is 2.64. The minimum atomic E-state index is -0.756. The van der Waals surface area contributed by atoms with Crippen molar-refractivity contribution in [3.63, 3.8) is 0 Å². The maximum absolute atomic E-state index is 11.2. The molecule has 2 N–H and O–H groups in total. The van der Waals surface area contributed by atoms with Gasteiger partial charge < -0.3 is 10.4 Å². The first-order valence-corrected chi connectivity index (χ1v) is 5.46. The molecule has 84 valence electrons. The second kappa shape index (κ2) is 3.22. The molecule has 0 aromatic carbocycles. The first kappa shape index (κ1) is 10.5. The molecular formula is C11H17NO3. The highest BCUT2D eigenvalue weighted by atomic mass is 16.4. The van der Waals surface area contributed by atoms with Gasteiger partial charge in [0.05, 0.1) is 5.41 Å². The van der Waals surface area contributed by atoms with E-state index in [1.165, 1.54) is 26.2 Å². The number of hydrogen-bond donors (Lipinski definition) is 2. The van der Waals surface area contributed by atoms with E-state index in [-0.39, 0.29) is 5.91 Å². The quantitative estimate of drug-likeness (QED) is 0.736. The van der Waals surface area contributed by atoms with Gasteiger partial charge in [-0.05, 0) is 31.1 Å². The van der Waals surface area contributed by atoms with Gasteiger partial charge >= 0.3 is 5.97 Å². The molecule has 2 rings (SSSR count). The van der Waals surface area contributed by atoms with Gasteiger partial charge in [-0.1, -0.05) is 6.42 Å². The smallest absolute Gasteiger partial charge is 0.311 e. The summed E-state index contributed by atoms with van der Waals surface area (Å²) < 4.78 is 0. The lowest BCUT2D eigenvalue weighted by atomic mass is 9.45. The standard InChI is InChI=1S/C11H17NO3/c1-8(13)12-7-11(9(14)15)5-10(6-11)3-2-4-10/h2-7H2,1H3,(H,12,13)(H,14,15). The Morgan fingerprint density at radius 3 is 2.27 bits per heavy atom. The Labute approximate surface area is 89.0 Å². The molecule has 0 aliphatic heterocycles. The molecule has 4 heteroatoms. The van der Waals surface area contributed by atoms with Gasteiger partial charge in [0.15, 0.2) is 0 Å². The molecule has 0 atom stereocenters. The van der Waals surface area contributed by atoms with E-state index in [9.17, 15) is 14.7 Å². The zero-order valence-corrected chi connectivity index (χ0v) is 9.01. The van der Waals surface area contributed by atoms with E-state index < -0.39 is 11.4 Å². The van der Waals surface area contributed by atoms with Crippen molar-refractivity contribution in [2.75, 3.05) is 6.54 Å². The third-order valence-corrected chi connectivity index (χ3v) is 3.97. The van der Waals surface area contributed by atoms with Gasteiger partial charge in [0.25, 0.3) is 0 Å². The minimum absolute atomic E-state index is 0.148. The number of carbonyl (C=O) groups excluding carboxylic acids is 1. The Morgan fingerprint density at radius 1 is 1.33 bits per heavy atom. The van der Waals surface area contributed by atoms with Gasteiger partial charge in [0.1, 0.15) is 0 Å². The molecule has 0 aromatic rings. The normalized spacial score (nSPS) is 25.1. The number of amides is 1. The van der Waals surface area contributed by atoms with Crippen LogP contribution in [0, 0.1) is 10.8 Å². The lowest BCUT2D eigenvalue weighted by molar-refractivity contribution is -0.173. The van der Waals surface area contributed by atoms with Gasteiger partial charge in [-0.3, -0.25) is 9.59 Å². The van der Waals surface area contributed by atoms with Gasteiger partial charge in [0, 0.05) is 13.5 Å². The van der Waals surface area contributed by atoms with Crippen molar-refractivity contribution in [3.05, 3.63) is 0 Å². The van der Waals surface area contributed by atoms with E-state index in [1.807, 2.05) is 0 Å². The third-order valence-electron chi connectivity index (χ3n) is 3.97. The number of carboxylic acids is 1. The molecular weight excluding hydrogens is 194 g/mol. The fourth-order valence-electron chi connectivity index (χ4n) is 3.06. The summed E-state index contributed by atoms with van der Waals surface area (Å²) >= 11 is 0. The van der Waals surface area contributed by atoms with Crippen molar-refractivity contribution in [2.24, 2.45) is 10.8 Å².